The second-order valence-electron chi connectivity index (χ2n) is 26.4. The summed E-state index contributed by atoms with van der Waals surface area (Å²) in [5.74, 6) is 8.66. The summed E-state index contributed by atoms with van der Waals surface area (Å²) in [6, 6.07) is 11.9. The second-order valence-corrected chi connectivity index (χ2v) is 32.0. The molecule has 6 heteroatoms. The fourth-order valence-corrected chi connectivity index (χ4v) is 35.2. The number of hydrogen-bond acceptors (Lipinski definition) is 4. The molecule has 0 aromatic rings. The van der Waals surface area contributed by atoms with Crippen LogP contribution in [0.5, 0.6) is 0 Å². The molecule has 0 aromatic heterocycles. The van der Waals surface area contributed by atoms with Crippen molar-refractivity contribution in [2.24, 2.45) is 47.3 Å². The molecule has 0 N–H and O–H groups in total. The molecule has 17 aliphatic rings. The van der Waals surface area contributed by atoms with E-state index in [9.17, 15) is 0 Å². The van der Waals surface area contributed by atoms with Gasteiger partial charge in [0.1, 0.15) is 0 Å². The fourth-order valence-electron chi connectivity index (χ4n) is 24.8. The maximum atomic E-state index is 3.65. The number of fused-ring (bicyclic) bond motifs is 24. The first-order valence-corrected chi connectivity index (χ1v) is 31.6. The van der Waals surface area contributed by atoms with Gasteiger partial charge in [0.2, 0.25) is 0 Å². The Morgan fingerprint density at radius 2 is 0.533 bits per heavy atom. The van der Waals surface area contributed by atoms with Crippen LogP contribution in [0.3, 0.4) is 0 Å². The van der Waals surface area contributed by atoms with Crippen molar-refractivity contribution in [2.45, 2.75) is 286 Å². The molecule has 28 unspecified atom stereocenters. The SMILES string of the molecule is C1CCC2C(C1)C1CC3C4CCCCC4N4C5CC6C(CC5P5C7CCCCC7N2C1C5C34)P1C2CCCCC2N2C3CCCCC3C3CC4C5CCCCC5N6C4C1C32. The van der Waals surface area contributed by atoms with E-state index in [1.54, 1.807) is 180 Å². The van der Waals surface area contributed by atoms with Crippen LogP contribution in [0, 0.1) is 47.3 Å². The molecule has 9 saturated carbocycles. The van der Waals surface area contributed by atoms with Crippen LogP contribution in [0.15, 0.2) is 0 Å². The summed E-state index contributed by atoms with van der Waals surface area (Å²) in [5, 5.41) is 0. The average molecular weight is 849 g/mol. The zero-order valence-corrected chi connectivity index (χ0v) is 39.3. The van der Waals surface area contributed by atoms with E-state index in [-0.39, 0.29) is 15.8 Å². The predicted molar refractivity (Wildman–Crippen MR) is 247 cm³/mol. The minimum absolute atomic E-state index is 0.0937. The van der Waals surface area contributed by atoms with Crippen molar-refractivity contribution in [2.75, 3.05) is 0 Å². The van der Waals surface area contributed by atoms with Crippen LogP contribution in [0.2, 0.25) is 0 Å². The molecule has 17 fully saturated rings. The number of hydrogen-bond donors (Lipinski definition) is 0. The summed E-state index contributed by atoms with van der Waals surface area (Å²) in [5.41, 5.74) is 6.69. The van der Waals surface area contributed by atoms with Gasteiger partial charge in [-0.15, -0.1) is 0 Å². The summed E-state index contributed by atoms with van der Waals surface area (Å²) >= 11 is 0. The summed E-state index contributed by atoms with van der Waals surface area (Å²) in [7, 11) is 0.187. The Balaban J connectivity index is 0.840. The molecule has 328 valence electrons. The van der Waals surface area contributed by atoms with Crippen molar-refractivity contribution < 1.29 is 0 Å². The van der Waals surface area contributed by atoms with Crippen molar-refractivity contribution in [1.29, 1.82) is 0 Å². The van der Waals surface area contributed by atoms with E-state index < -0.39 is 0 Å². The average Bonchev–Trinajstić information content (AvgIpc) is 4.04. The van der Waals surface area contributed by atoms with Crippen LogP contribution in [0.25, 0.3) is 0 Å². The molecular formula is C54H82N4P2. The Hall–Kier alpha value is 0.700. The zero-order valence-electron chi connectivity index (χ0n) is 37.5. The maximum absolute atomic E-state index is 3.65. The topological polar surface area (TPSA) is 13.0 Å². The van der Waals surface area contributed by atoms with Crippen LogP contribution in [0.4, 0.5) is 0 Å². The number of nitrogens with zero attached hydrogens (tertiary/aromatic N) is 4. The van der Waals surface area contributed by atoms with Crippen LogP contribution in [0.1, 0.15) is 180 Å². The van der Waals surface area contributed by atoms with E-state index in [1.807, 2.05) is 0 Å². The van der Waals surface area contributed by atoms with E-state index >= 15 is 0 Å². The fraction of sp³-hybridized carbons (Fsp3) is 1.00. The highest BCUT2D eigenvalue weighted by atomic mass is 31.1. The predicted octanol–water partition coefficient (Wildman–Crippen LogP) is 10.9. The van der Waals surface area contributed by atoms with E-state index in [1.165, 1.54) is 0 Å². The Morgan fingerprint density at radius 3 is 0.900 bits per heavy atom. The largest absolute Gasteiger partial charge is 0.293 e. The quantitative estimate of drug-likeness (QED) is 0.225. The van der Waals surface area contributed by atoms with Crippen molar-refractivity contribution in [1.82, 2.24) is 19.6 Å². The molecule has 9 aliphatic carbocycles. The van der Waals surface area contributed by atoms with Gasteiger partial charge < -0.3 is 0 Å². The molecule has 4 nitrogen and oxygen atoms in total. The highest BCUT2D eigenvalue weighted by Gasteiger charge is 2.77. The summed E-state index contributed by atoms with van der Waals surface area (Å²) < 4.78 is 0. The van der Waals surface area contributed by atoms with Gasteiger partial charge in [0.15, 0.2) is 0 Å². The minimum Gasteiger partial charge on any atom is -0.293 e. The molecule has 0 spiro atoms. The standard InChI is InChI=1S/C54H82N4P2/c1-5-17-37-29(13-1)33-25-35-31-15-3-7-19-39(31)57-43-27-44-48(28-47(43)59-45-23-11-9-21-41(45)55(37)49(33)53(59)51(35)57)60-46-24-12-10-22-42(46)56-38-18-6-2-14-30(38)34-26-36-32-16-4-8-20-40(32)58(44)52(36)54(60)50(34)56/h29-54H,1-28H2. The van der Waals surface area contributed by atoms with Gasteiger partial charge in [0.25, 0.3) is 0 Å². The highest BCUT2D eigenvalue weighted by molar-refractivity contribution is 7.61. The van der Waals surface area contributed by atoms with Gasteiger partial charge in [-0.25, -0.2) is 0 Å². The van der Waals surface area contributed by atoms with E-state index in [2.05, 4.69) is 19.6 Å². The van der Waals surface area contributed by atoms with Crippen molar-refractivity contribution in [3.8, 4) is 0 Å². The second kappa shape index (κ2) is 13.2. The lowest BCUT2D eigenvalue weighted by Crippen LogP contribution is -2.76. The van der Waals surface area contributed by atoms with E-state index in [0.29, 0.717) is 0 Å². The molecule has 8 aliphatic heterocycles. The summed E-state index contributed by atoms with van der Waals surface area (Å²) in [6.45, 7) is 0. The molecular weight excluding hydrogens is 767 g/mol. The Labute approximate surface area is 367 Å². The molecule has 60 heavy (non-hydrogen) atoms. The first-order chi connectivity index (χ1) is 29.8. The van der Waals surface area contributed by atoms with Crippen molar-refractivity contribution >= 4 is 15.8 Å². The Morgan fingerprint density at radius 1 is 0.233 bits per heavy atom. The van der Waals surface area contributed by atoms with Crippen LogP contribution >= 0.6 is 15.8 Å². The molecule has 0 amide bonds. The molecule has 17 rings (SSSR count). The molecule has 8 saturated heterocycles. The first-order valence-electron chi connectivity index (χ1n) is 28.5. The summed E-state index contributed by atoms with van der Waals surface area (Å²) in [6.07, 6.45) is 45.0. The smallest absolute Gasteiger partial charge is 0.0216 e. The first kappa shape index (κ1) is 36.8. The Kier molecular flexibility index (Phi) is 8.11. The third-order valence-electron chi connectivity index (χ3n) is 25.5. The van der Waals surface area contributed by atoms with Gasteiger partial charge in [-0.3, -0.25) is 19.6 Å². The highest BCUT2D eigenvalue weighted by Crippen LogP contribution is 2.80. The van der Waals surface area contributed by atoms with Gasteiger partial charge in [-0.2, -0.15) is 0 Å². The Bertz CT molecular complexity index is 1640. The lowest BCUT2D eigenvalue weighted by Gasteiger charge is -2.72. The molecule has 0 radical (unpaired) electrons. The lowest BCUT2D eigenvalue weighted by atomic mass is 9.65. The zero-order chi connectivity index (χ0) is 38.3. The van der Waals surface area contributed by atoms with Crippen molar-refractivity contribution in [3.05, 3.63) is 0 Å². The monoisotopic (exact) mass is 849 g/mol. The van der Waals surface area contributed by atoms with Crippen LogP contribution in [-0.2, 0) is 0 Å². The number of rotatable bonds is 0. The minimum atomic E-state index is 0.0937. The molecule has 0 bridgehead atoms. The summed E-state index contributed by atoms with van der Waals surface area (Å²) in [4.78, 5) is 14.3. The van der Waals surface area contributed by atoms with E-state index in [4.69, 9.17) is 0 Å². The van der Waals surface area contributed by atoms with Gasteiger partial charge >= 0.3 is 0 Å². The third kappa shape index (κ3) is 4.40. The lowest BCUT2D eigenvalue weighted by molar-refractivity contribution is -0.0350. The van der Waals surface area contributed by atoms with Gasteiger partial charge in [-0.05, 0) is 173 Å². The van der Waals surface area contributed by atoms with Crippen LogP contribution in [-0.4, -0.2) is 126 Å². The van der Waals surface area contributed by atoms with E-state index in [0.717, 1.165) is 154 Å². The third-order valence-corrected chi connectivity index (χ3v) is 33.4. The maximum Gasteiger partial charge on any atom is 0.0216 e. The van der Waals surface area contributed by atoms with Gasteiger partial charge in [0.05, 0.1) is 0 Å². The molecule has 28 atom stereocenters. The van der Waals surface area contributed by atoms with Crippen LogP contribution < -0.4 is 0 Å². The van der Waals surface area contributed by atoms with Crippen molar-refractivity contribution in [3.63, 3.8) is 0 Å². The molecule has 0 aromatic carbocycles. The molecule has 8 heterocycles. The van der Waals surface area contributed by atoms with Gasteiger partial charge in [-0.1, -0.05) is 92.9 Å². The van der Waals surface area contributed by atoms with Gasteiger partial charge in [0, 0.05) is 83.8 Å². The normalized spacial score (nSPS) is 65.2.